The van der Waals surface area contributed by atoms with E-state index < -0.39 is 18.1 Å². The van der Waals surface area contributed by atoms with Gasteiger partial charge in [-0.05, 0) is 25.3 Å². The first-order valence-corrected chi connectivity index (χ1v) is 11.8. The van der Waals surface area contributed by atoms with Crippen molar-refractivity contribution in [3.8, 4) is 0 Å². The summed E-state index contributed by atoms with van der Waals surface area (Å²) in [5.41, 5.74) is 0.962. The van der Waals surface area contributed by atoms with Gasteiger partial charge in [0, 0.05) is 37.3 Å². The molecule has 0 bridgehead atoms. The lowest BCUT2D eigenvalue weighted by molar-refractivity contribution is -0.138. The lowest BCUT2D eigenvalue weighted by Crippen LogP contribution is -2.50. The lowest BCUT2D eigenvalue weighted by atomic mass is 9.97. The number of rotatable bonds is 8. The molecule has 2 aliphatic heterocycles. The number of carbonyl (C=O) groups is 4. The summed E-state index contributed by atoms with van der Waals surface area (Å²) in [6, 6.07) is 8.43. The van der Waals surface area contributed by atoms with Crippen molar-refractivity contribution in [3.05, 3.63) is 48.0 Å². The topological polar surface area (TPSA) is 105 Å². The Balaban J connectivity index is 1.74. The molecule has 2 aliphatic rings. The SMILES string of the molecule is CCOC(=O)C=C[C@H](C[C@@H]1CCNC1=O)NC(=O)C1CSC(c2ccccc2)N1C(C)=O. The van der Waals surface area contributed by atoms with E-state index in [0.29, 0.717) is 25.1 Å². The minimum Gasteiger partial charge on any atom is -0.463 e. The highest BCUT2D eigenvalue weighted by atomic mass is 32.2. The number of esters is 1. The molecule has 2 unspecified atom stereocenters. The van der Waals surface area contributed by atoms with Gasteiger partial charge in [0.05, 0.1) is 6.61 Å². The Morgan fingerprint density at radius 2 is 2.06 bits per heavy atom. The van der Waals surface area contributed by atoms with Crippen LogP contribution >= 0.6 is 11.8 Å². The molecular weight excluding hydrogens is 430 g/mol. The monoisotopic (exact) mass is 459 g/mol. The molecule has 1 aromatic carbocycles. The third-order valence-corrected chi connectivity index (χ3v) is 6.85. The van der Waals surface area contributed by atoms with Crippen molar-refractivity contribution in [3.63, 3.8) is 0 Å². The molecule has 32 heavy (non-hydrogen) atoms. The summed E-state index contributed by atoms with van der Waals surface area (Å²) in [4.78, 5) is 51.1. The molecule has 4 atom stereocenters. The van der Waals surface area contributed by atoms with Crippen molar-refractivity contribution < 1.29 is 23.9 Å². The summed E-state index contributed by atoms with van der Waals surface area (Å²) in [6.45, 7) is 4.02. The molecule has 2 N–H and O–H groups in total. The molecule has 9 heteroatoms. The Morgan fingerprint density at radius 1 is 1.31 bits per heavy atom. The van der Waals surface area contributed by atoms with Gasteiger partial charge in [-0.3, -0.25) is 14.4 Å². The van der Waals surface area contributed by atoms with Gasteiger partial charge in [-0.1, -0.05) is 36.4 Å². The zero-order valence-electron chi connectivity index (χ0n) is 18.3. The molecule has 0 aromatic heterocycles. The molecular formula is C23H29N3O5S. The number of nitrogens with one attached hydrogen (secondary N) is 2. The van der Waals surface area contributed by atoms with Crippen LogP contribution in [-0.4, -0.2) is 59.6 Å². The Labute approximate surface area is 192 Å². The number of nitrogens with zero attached hydrogens (tertiary/aromatic N) is 1. The Hall–Kier alpha value is -2.81. The van der Waals surface area contributed by atoms with E-state index in [1.165, 1.54) is 13.0 Å². The third kappa shape index (κ3) is 5.91. The van der Waals surface area contributed by atoms with Crippen molar-refractivity contribution in [2.45, 2.75) is 44.1 Å². The fourth-order valence-electron chi connectivity index (χ4n) is 3.99. The molecule has 0 radical (unpaired) electrons. The van der Waals surface area contributed by atoms with Crippen LogP contribution in [0.25, 0.3) is 0 Å². The van der Waals surface area contributed by atoms with Gasteiger partial charge in [-0.15, -0.1) is 11.8 Å². The maximum absolute atomic E-state index is 13.2. The van der Waals surface area contributed by atoms with Gasteiger partial charge in [0.2, 0.25) is 17.7 Å². The maximum Gasteiger partial charge on any atom is 0.330 e. The number of benzene rings is 1. The van der Waals surface area contributed by atoms with E-state index in [1.54, 1.807) is 29.7 Å². The van der Waals surface area contributed by atoms with Crippen molar-refractivity contribution in [2.24, 2.45) is 5.92 Å². The van der Waals surface area contributed by atoms with Gasteiger partial charge in [-0.2, -0.15) is 0 Å². The zero-order chi connectivity index (χ0) is 23.1. The zero-order valence-corrected chi connectivity index (χ0v) is 19.1. The number of ether oxygens (including phenoxy) is 1. The van der Waals surface area contributed by atoms with Crippen LogP contribution in [0.5, 0.6) is 0 Å². The Morgan fingerprint density at radius 3 is 2.69 bits per heavy atom. The molecule has 172 valence electrons. The molecule has 0 aliphatic carbocycles. The van der Waals surface area contributed by atoms with E-state index >= 15 is 0 Å². The fraction of sp³-hybridized carbons (Fsp3) is 0.478. The summed E-state index contributed by atoms with van der Waals surface area (Å²) >= 11 is 1.54. The van der Waals surface area contributed by atoms with Crippen molar-refractivity contribution in [2.75, 3.05) is 18.9 Å². The van der Waals surface area contributed by atoms with Crippen LogP contribution in [0.2, 0.25) is 0 Å². The summed E-state index contributed by atoms with van der Waals surface area (Å²) < 4.78 is 4.93. The second-order valence-corrected chi connectivity index (χ2v) is 8.89. The average Bonchev–Trinajstić information content (AvgIpc) is 3.39. The van der Waals surface area contributed by atoms with Crippen molar-refractivity contribution in [1.29, 1.82) is 0 Å². The Bertz CT molecular complexity index is 876. The van der Waals surface area contributed by atoms with Crippen LogP contribution in [0.15, 0.2) is 42.5 Å². The number of hydrogen-bond donors (Lipinski definition) is 2. The van der Waals surface area contributed by atoms with Gasteiger partial charge < -0.3 is 20.3 Å². The van der Waals surface area contributed by atoms with Crippen LogP contribution in [-0.2, 0) is 23.9 Å². The highest BCUT2D eigenvalue weighted by Crippen LogP contribution is 2.41. The minimum absolute atomic E-state index is 0.0558. The first-order chi connectivity index (χ1) is 15.4. The molecule has 8 nitrogen and oxygen atoms in total. The smallest absolute Gasteiger partial charge is 0.330 e. The van der Waals surface area contributed by atoms with E-state index in [0.717, 1.165) is 5.56 Å². The molecule has 2 saturated heterocycles. The van der Waals surface area contributed by atoms with Crippen LogP contribution < -0.4 is 10.6 Å². The predicted octanol–water partition coefficient (Wildman–Crippen LogP) is 1.78. The largest absolute Gasteiger partial charge is 0.463 e. The van der Waals surface area contributed by atoms with E-state index in [2.05, 4.69) is 10.6 Å². The lowest BCUT2D eigenvalue weighted by Gasteiger charge is -2.29. The van der Waals surface area contributed by atoms with Gasteiger partial charge >= 0.3 is 5.97 Å². The summed E-state index contributed by atoms with van der Waals surface area (Å²) in [6.07, 6.45) is 3.89. The van der Waals surface area contributed by atoms with E-state index in [-0.39, 0.29) is 35.6 Å². The second kappa shape index (κ2) is 11.2. The van der Waals surface area contributed by atoms with Crippen LogP contribution in [0.3, 0.4) is 0 Å². The molecule has 0 saturated carbocycles. The average molecular weight is 460 g/mol. The van der Waals surface area contributed by atoms with E-state index in [1.807, 2.05) is 30.3 Å². The first-order valence-electron chi connectivity index (χ1n) is 10.8. The molecule has 3 rings (SSSR count). The highest BCUT2D eigenvalue weighted by molar-refractivity contribution is 7.99. The first kappa shape index (κ1) is 23.8. The van der Waals surface area contributed by atoms with Gasteiger partial charge in [0.25, 0.3) is 0 Å². The minimum atomic E-state index is -0.640. The molecule has 2 heterocycles. The second-order valence-electron chi connectivity index (χ2n) is 7.78. The quantitative estimate of drug-likeness (QED) is 0.454. The molecule has 1 aromatic rings. The summed E-state index contributed by atoms with van der Waals surface area (Å²) in [5, 5.41) is 5.49. The third-order valence-electron chi connectivity index (χ3n) is 5.53. The summed E-state index contributed by atoms with van der Waals surface area (Å²) in [5.74, 6) is -0.830. The van der Waals surface area contributed by atoms with Crippen molar-refractivity contribution >= 4 is 35.5 Å². The Kier molecular flexibility index (Phi) is 8.33. The number of carbonyl (C=O) groups excluding carboxylic acids is 4. The maximum atomic E-state index is 13.2. The highest BCUT2D eigenvalue weighted by Gasteiger charge is 2.41. The van der Waals surface area contributed by atoms with Crippen LogP contribution in [0, 0.1) is 5.92 Å². The van der Waals surface area contributed by atoms with Crippen LogP contribution in [0.1, 0.15) is 37.6 Å². The number of thioether (sulfide) groups is 1. The normalized spacial score (nSPS) is 23.8. The van der Waals surface area contributed by atoms with Gasteiger partial charge in [0.1, 0.15) is 11.4 Å². The molecule has 2 fully saturated rings. The van der Waals surface area contributed by atoms with E-state index in [4.69, 9.17) is 4.74 Å². The molecule has 0 spiro atoms. The van der Waals surface area contributed by atoms with Crippen molar-refractivity contribution in [1.82, 2.24) is 15.5 Å². The van der Waals surface area contributed by atoms with E-state index in [9.17, 15) is 19.2 Å². The van der Waals surface area contributed by atoms with Gasteiger partial charge in [-0.25, -0.2) is 4.79 Å². The molecule has 3 amide bonds. The number of amides is 3. The number of hydrogen-bond acceptors (Lipinski definition) is 6. The van der Waals surface area contributed by atoms with Crippen LogP contribution in [0.4, 0.5) is 0 Å². The standard InChI is InChI=1S/C23H29N3O5S/c1-3-31-20(28)10-9-18(13-17-11-12-24-21(17)29)25-22(30)19-14-32-23(26(19)15(2)27)16-7-5-4-6-8-16/h4-10,17-19,23H,3,11-14H2,1-2H3,(H,24,29)(H,25,30)/t17-,18+,19?,23?/m0/s1. The predicted molar refractivity (Wildman–Crippen MR) is 121 cm³/mol. The summed E-state index contributed by atoms with van der Waals surface area (Å²) in [7, 11) is 0. The fourth-order valence-corrected chi connectivity index (χ4v) is 5.48. The van der Waals surface area contributed by atoms with Gasteiger partial charge in [0.15, 0.2) is 0 Å².